The van der Waals surface area contributed by atoms with Crippen molar-refractivity contribution < 1.29 is 29.0 Å². The van der Waals surface area contributed by atoms with Crippen molar-refractivity contribution in [1.29, 1.82) is 0 Å². The molecule has 1 aromatic rings. The molecular weight excluding hydrogens is 278 g/mol. The summed E-state index contributed by atoms with van der Waals surface area (Å²) in [6, 6.07) is 5.59. The summed E-state index contributed by atoms with van der Waals surface area (Å²) in [5.74, 6) is -1.35. The number of aliphatic hydroxyl groups is 1. The normalized spacial score (nSPS) is 11.4. The quantitative estimate of drug-likeness (QED) is 0.557. The summed E-state index contributed by atoms with van der Waals surface area (Å²) in [5.41, 5.74) is 0.753. The van der Waals surface area contributed by atoms with Gasteiger partial charge in [0.2, 0.25) is 5.91 Å². The van der Waals surface area contributed by atoms with E-state index in [0.717, 1.165) is 5.56 Å². The van der Waals surface area contributed by atoms with E-state index in [2.05, 4.69) is 10.1 Å². The Morgan fingerprint density at radius 3 is 2.33 bits per heavy atom. The van der Waals surface area contributed by atoms with Gasteiger partial charge in [0.1, 0.15) is 18.4 Å². The summed E-state index contributed by atoms with van der Waals surface area (Å²) < 4.78 is 9.43. The van der Waals surface area contributed by atoms with Crippen LogP contribution in [0.1, 0.15) is 12.5 Å². The number of amides is 1. The van der Waals surface area contributed by atoms with Gasteiger partial charge in [0.15, 0.2) is 0 Å². The van der Waals surface area contributed by atoms with Crippen LogP contribution in [0.2, 0.25) is 0 Å². The van der Waals surface area contributed by atoms with Crippen molar-refractivity contribution in [3.8, 4) is 5.75 Å². The fourth-order valence-corrected chi connectivity index (χ4v) is 1.67. The van der Waals surface area contributed by atoms with Gasteiger partial charge in [-0.2, -0.15) is 0 Å². The Labute approximate surface area is 121 Å². The SMILES string of the molecule is COC(=O)[C@@H](Cc1ccc(OC(=O)CO)cc1)NC(C)=O. The van der Waals surface area contributed by atoms with E-state index in [1.165, 1.54) is 26.2 Å². The Balaban J connectivity index is 2.73. The van der Waals surface area contributed by atoms with Crippen LogP contribution in [0.5, 0.6) is 5.75 Å². The zero-order chi connectivity index (χ0) is 15.8. The van der Waals surface area contributed by atoms with Gasteiger partial charge in [-0.1, -0.05) is 12.1 Å². The number of ether oxygens (including phenoxy) is 2. The number of nitrogens with one attached hydrogen (secondary N) is 1. The summed E-state index contributed by atoms with van der Waals surface area (Å²) >= 11 is 0. The molecule has 0 saturated carbocycles. The predicted octanol–water partition coefficient (Wildman–Crippen LogP) is -0.196. The Bertz CT molecular complexity index is 511. The maximum atomic E-state index is 11.6. The predicted molar refractivity (Wildman–Crippen MR) is 72.5 cm³/mol. The molecule has 0 spiro atoms. The molecule has 0 fully saturated rings. The van der Waals surface area contributed by atoms with Gasteiger partial charge in [-0.25, -0.2) is 9.59 Å². The van der Waals surface area contributed by atoms with Crippen molar-refractivity contribution in [2.45, 2.75) is 19.4 Å². The number of hydrogen-bond donors (Lipinski definition) is 2. The zero-order valence-electron chi connectivity index (χ0n) is 11.8. The van der Waals surface area contributed by atoms with Gasteiger partial charge < -0.3 is 19.9 Å². The second kappa shape index (κ2) is 8.01. The molecule has 1 aromatic carbocycles. The Morgan fingerprint density at radius 1 is 1.24 bits per heavy atom. The molecular formula is C14H17NO6. The number of hydrogen-bond acceptors (Lipinski definition) is 6. The van der Waals surface area contributed by atoms with Crippen LogP contribution in [0, 0.1) is 0 Å². The fourth-order valence-electron chi connectivity index (χ4n) is 1.67. The van der Waals surface area contributed by atoms with Crippen LogP contribution in [-0.2, 0) is 25.5 Å². The third kappa shape index (κ3) is 5.62. The lowest BCUT2D eigenvalue weighted by atomic mass is 10.1. The molecule has 0 unspecified atom stereocenters. The van der Waals surface area contributed by atoms with Gasteiger partial charge >= 0.3 is 11.9 Å². The van der Waals surface area contributed by atoms with Gasteiger partial charge in [-0.3, -0.25) is 4.79 Å². The first-order chi connectivity index (χ1) is 9.96. The van der Waals surface area contributed by atoms with Crippen LogP contribution < -0.4 is 10.1 Å². The van der Waals surface area contributed by atoms with E-state index in [-0.39, 0.29) is 18.1 Å². The highest BCUT2D eigenvalue weighted by Crippen LogP contribution is 2.14. The minimum absolute atomic E-state index is 0.250. The second-order valence-corrected chi connectivity index (χ2v) is 4.26. The van der Waals surface area contributed by atoms with Gasteiger partial charge in [0.05, 0.1) is 7.11 Å². The highest BCUT2D eigenvalue weighted by molar-refractivity contribution is 5.83. The topological polar surface area (TPSA) is 102 Å². The molecule has 0 radical (unpaired) electrons. The van der Waals surface area contributed by atoms with Crippen molar-refractivity contribution in [3.05, 3.63) is 29.8 Å². The molecule has 2 N–H and O–H groups in total. The number of esters is 2. The lowest BCUT2D eigenvalue weighted by Gasteiger charge is -2.15. The Hall–Kier alpha value is -2.41. The molecule has 0 saturated heterocycles. The first-order valence-electron chi connectivity index (χ1n) is 6.21. The average Bonchev–Trinajstić information content (AvgIpc) is 2.47. The number of aliphatic hydroxyl groups excluding tert-OH is 1. The lowest BCUT2D eigenvalue weighted by Crippen LogP contribution is -2.41. The van der Waals surface area contributed by atoms with E-state index in [0.29, 0.717) is 0 Å². The van der Waals surface area contributed by atoms with E-state index >= 15 is 0 Å². The molecule has 0 heterocycles. The second-order valence-electron chi connectivity index (χ2n) is 4.26. The van der Waals surface area contributed by atoms with Crippen molar-refractivity contribution in [1.82, 2.24) is 5.32 Å². The third-order valence-corrected chi connectivity index (χ3v) is 2.59. The van der Waals surface area contributed by atoms with E-state index in [4.69, 9.17) is 9.84 Å². The number of carbonyl (C=O) groups excluding carboxylic acids is 3. The maximum absolute atomic E-state index is 11.6. The van der Waals surface area contributed by atoms with Gasteiger partial charge in [0.25, 0.3) is 0 Å². The van der Waals surface area contributed by atoms with Gasteiger partial charge in [-0.15, -0.1) is 0 Å². The highest BCUT2D eigenvalue weighted by Gasteiger charge is 2.20. The van der Waals surface area contributed by atoms with Crippen LogP contribution in [0.4, 0.5) is 0 Å². The summed E-state index contributed by atoms with van der Waals surface area (Å²) in [5, 5.41) is 11.1. The van der Waals surface area contributed by atoms with Gasteiger partial charge in [0, 0.05) is 13.3 Å². The molecule has 0 aliphatic carbocycles. The molecule has 21 heavy (non-hydrogen) atoms. The van der Waals surface area contributed by atoms with Crippen molar-refractivity contribution in [3.63, 3.8) is 0 Å². The smallest absolute Gasteiger partial charge is 0.337 e. The molecule has 0 bridgehead atoms. The van der Waals surface area contributed by atoms with Crippen molar-refractivity contribution in [2.24, 2.45) is 0 Å². The monoisotopic (exact) mass is 295 g/mol. The minimum Gasteiger partial charge on any atom is -0.467 e. The van der Waals surface area contributed by atoms with Crippen molar-refractivity contribution >= 4 is 17.8 Å². The third-order valence-electron chi connectivity index (χ3n) is 2.59. The van der Waals surface area contributed by atoms with E-state index in [1.807, 2.05) is 0 Å². The first kappa shape index (κ1) is 16.6. The number of carbonyl (C=O) groups is 3. The average molecular weight is 295 g/mol. The molecule has 0 aliphatic rings. The molecule has 0 aromatic heterocycles. The van der Waals surface area contributed by atoms with E-state index in [9.17, 15) is 14.4 Å². The summed E-state index contributed by atoms with van der Waals surface area (Å²) in [6.07, 6.45) is 0.250. The minimum atomic E-state index is -0.779. The van der Waals surface area contributed by atoms with Crippen LogP contribution in [0.3, 0.4) is 0 Å². The zero-order valence-corrected chi connectivity index (χ0v) is 11.8. The summed E-state index contributed by atoms with van der Waals surface area (Å²) in [6.45, 7) is 0.613. The van der Waals surface area contributed by atoms with Crippen LogP contribution in [0.25, 0.3) is 0 Å². The largest absolute Gasteiger partial charge is 0.467 e. The number of methoxy groups -OCH3 is 1. The standard InChI is InChI=1S/C14H17NO6/c1-9(17)15-12(14(19)20-2)7-10-3-5-11(6-4-10)21-13(18)8-16/h3-6,12,16H,7-8H2,1-2H3,(H,15,17)/t12-/m1/s1. The van der Waals surface area contributed by atoms with Crippen LogP contribution in [-0.4, -0.2) is 42.7 Å². The van der Waals surface area contributed by atoms with Crippen LogP contribution >= 0.6 is 0 Å². The Morgan fingerprint density at radius 2 is 1.86 bits per heavy atom. The fraction of sp³-hybridized carbons (Fsp3) is 0.357. The number of rotatable bonds is 6. The molecule has 1 amide bonds. The van der Waals surface area contributed by atoms with E-state index in [1.54, 1.807) is 12.1 Å². The first-order valence-corrected chi connectivity index (χ1v) is 6.21. The molecule has 1 atom stereocenters. The molecule has 7 nitrogen and oxygen atoms in total. The molecule has 0 aliphatic heterocycles. The molecule has 114 valence electrons. The van der Waals surface area contributed by atoms with Crippen molar-refractivity contribution in [2.75, 3.05) is 13.7 Å². The lowest BCUT2D eigenvalue weighted by molar-refractivity contribution is -0.144. The Kier molecular flexibility index (Phi) is 6.35. The maximum Gasteiger partial charge on any atom is 0.337 e. The number of benzene rings is 1. The molecule has 1 rings (SSSR count). The summed E-state index contributed by atoms with van der Waals surface area (Å²) in [7, 11) is 1.24. The highest BCUT2D eigenvalue weighted by atomic mass is 16.5. The van der Waals surface area contributed by atoms with E-state index < -0.39 is 24.6 Å². The molecule has 7 heteroatoms. The van der Waals surface area contributed by atoms with Gasteiger partial charge in [-0.05, 0) is 17.7 Å². The van der Waals surface area contributed by atoms with Crippen LogP contribution in [0.15, 0.2) is 24.3 Å². The summed E-state index contributed by atoms with van der Waals surface area (Å²) in [4.78, 5) is 33.6.